The Balaban J connectivity index is 2.06. The lowest BCUT2D eigenvalue weighted by atomic mass is 9.81. The number of hydrogen-bond donors (Lipinski definition) is 2. The van der Waals surface area contributed by atoms with E-state index in [-0.39, 0.29) is 12.7 Å². The Labute approximate surface area is 103 Å². The van der Waals surface area contributed by atoms with E-state index in [1.165, 1.54) is 0 Å². The molecule has 5 nitrogen and oxygen atoms in total. The van der Waals surface area contributed by atoms with Gasteiger partial charge in [-0.05, 0) is 25.7 Å². The van der Waals surface area contributed by atoms with E-state index in [0.717, 1.165) is 25.7 Å². The molecule has 1 fully saturated rings. The van der Waals surface area contributed by atoms with Gasteiger partial charge in [0.15, 0.2) is 0 Å². The third-order valence-electron chi connectivity index (χ3n) is 3.16. The van der Waals surface area contributed by atoms with E-state index in [0.29, 0.717) is 26.4 Å². The zero-order valence-electron chi connectivity index (χ0n) is 10.7. The van der Waals surface area contributed by atoms with Crippen molar-refractivity contribution >= 4 is 0 Å². The summed E-state index contributed by atoms with van der Waals surface area (Å²) in [5, 5.41) is 9.22. The summed E-state index contributed by atoms with van der Waals surface area (Å²) in [5.74, 6) is 0. The van der Waals surface area contributed by atoms with E-state index in [2.05, 4.69) is 0 Å². The van der Waals surface area contributed by atoms with Crippen LogP contribution in [-0.4, -0.2) is 56.9 Å². The summed E-state index contributed by atoms with van der Waals surface area (Å²) < 4.78 is 15.9. The number of ether oxygens (including phenoxy) is 3. The molecule has 1 aliphatic carbocycles. The van der Waals surface area contributed by atoms with Gasteiger partial charge in [-0.2, -0.15) is 0 Å². The lowest BCUT2D eigenvalue weighted by Crippen LogP contribution is -2.49. The van der Waals surface area contributed by atoms with Gasteiger partial charge in [0.25, 0.3) is 0 Å². The zero-order chi connectivity index (χ0) is 12.6. The third kappa shape index (κ3) is 5.79. The first-order valence-electron chi connectivity index (χ1n) is 6.28. The van der Waals surface area contributed by atoms with Gasteiger partial charge in [-0.25, -0.2) is 0 Å². The average molecular weight is 247 g/mol. The molecule has 17 heavy (non-hydrogen) atoms. The summed E-state index contributed by atoms with van der Waals surface area (Å²) in [4.78, 5) is 0. The van der Waals surface area contributed by atoms with Crippen molar-refractivity contribution in [2.45, 2.75) is 37.3 Å². The second-order valence-corrected chi connectivity index (χ2v) is 4.71. The predicted octanol–water partition coefficient (Wildman–Crippen LogP) is 0.298. The first-order valence-corrected chi connectivity index (χ1v) is 6.28. The zero-order valence-corrected chi connectivity index (χ0v) is 10.7. The van der Waals surface area contributed by atoms with Gasteiger partial charge in [-0.15, -0.1) is 0 Å². The topological polar surface area (TPSA) is 73.9 Å². The first kappa shape index (κ1) is 14.9. The summed E-state index contributed by atoms with van der Waals surface area (Å²) >= 11 is 0. The molecule has 0 aromatic carbocycles. The predicted molar refractivity (Wildman–Crippen MR) is 64.9 cm³/mol. The molecular weight excluding hydrogens is 222 g/mol. The Bertz CT molecular complexity index is 203. The molecule has 0 bridgehead atoms. The van der Waals surface area contributed by atoms with Crippen molar-refractivity contribution in [2.75, 3.05) is 40.1 Å². The minimum Gasteiger partial charge on any atom is -0.394 e. The highest BCUT2D eigenvalue weighted by atomic mass is 16.5. The summed E-state index contributed by atoms with van der Waals surface area (Å²) in [6, 6.07) is 0. The van der Waals surface area contributed by atoms with E-state index in [1.807, 2.05) is 0 Å². The second kappa shape index (κ2) is 8.00. The van der Waals surface area contributed by atoms with Crippen LogP contribution in [0.25, 0.3) is 0 Å². The minimum absolute atomic E-state index is 0.0389. The second-order valence-electron chi connectivity index (χ2n) is 4.71. The maximum Gasteiger partial charge on any atom is 0.0704 e. The molecule has 1 rings (SSSR count). The van der Waals surface area contributed by atoms with Crippen LogP contribution in [0.1, 0.15) is 25.7 Å². The van der Waals surface area contributed by atoms with Crippen molar-refractivity contribution in [3.8, 4) is 0 Å². The monoisotopic (exact) mass is 247 g/mol. The SMILES string of the molecule is COCCOCCOC1CCCC(N)(CO)C1. The molecule has 0 aliphatic heterocycles. The van der Waals surface area contributed by atoms with Crippen LogP contribution in [0.15, 0.2) is 0 Å². The lowest BCUT2D eigenvalue weighted by molar-refractivity contribution is -0.0358. The standard InChI is InChI=1S/C12H25NO4/c1-15-5-6-16-7-8-17-11-3-2-4-12(13,9-11)10-14/h11,14H,2-10,13H2,1H3. The highest BCUT2D eigenvalue weighted by molar-refractivity contribution is 4.90. The van der Waals surface area contributed by atoms with Crippen molar-refractivity contribution in [3.05, 3.63) is 0 Å². The summed E-state index contributed by atoms with van der Waals surface area (Å²) in [6.07, 6.45) is 3.82. The van der Waals surface area contributed by atoms with E-state index in [1.54, 1.807) is 7.11 Å². The fourth-order valence-corrected chi connectivity index (χ4v) is 2.14. The van der Waals surface area contributed by atoms with Crippen LogP contribution in [0.4, 0.5) is 0 Å². The molecule has 5 heteroatoms. The summed E-state index contributed by atoms with van der Waals surface area (Å²) in [7, 11) is 1.65. The Morgan fingerprint density at radius 3 is 2.76 bits per heavy atom. The van der Waals surface area contributed by atoms with Crippen molar-refractivity contribution in [3.63, 3.8) is 0 Å². The Morgan fingerprint density at radius 1 is 1.29 bits per heavy atom. The summed E-state index contributed by atoms with van der Waals surface area (Å²) in [5.41, 5.74) is 5.60. The van der Waals surface area contributed by atoms with E-state index in [4.69, 9.17) is 19.9 Å². The Kier molecular flexibility index (Phi) is 6.99. The van der Waals surface area contributed by atoms with Crippen molar-refractivity contribution in [1.82, 2.24) is 0 Å². The van der Waals surface area contributed by atoms with Gasteiger partial charge in [0, 0.05) is 12.6 Å². The molecule has 0 aromatic rings. The third-order valence-corrected chi connectivity index (χ3v) is 3.16. The van der Waals surface area contributed by atoms with Gasteiger partial charge in [0.05, 0.1) is 39.1 Å². The molecule has 0 heterocycles. The van der Waals surface area contributed by atoms with Crippen LogP contribution in [0.5, 0.6) is 0 Å². The minimum atomic E-state index is -0.445. The normalized spacial score (nSPS) is 29.5. The van der Waals surface area contributed by atoms with Crippen LogP contribution in [0.3, 0.4) is 0 Å². The van der Waals surface area contributed by atoms with E-state index >= 15 is 0 Å². The number of aliphatic hydroxyl groups excluding tert-OH is 1. The molecule has 0 aromatic heterocycles. The highest BCUT2D eigenvalue weighted by Crippen LogP contribution is 2.27. The molecule has 0 saturated heterocycles. The van der Waals surface area contributed by atoms with Crippen molar-refractivity contribution in [1.29, 1.82) is 0 Å². The van der Waals surface area contributed by atoms with Crippen LogP contribution in [0.2, 0.25) is 0 Å². The number of rotatable bonds is 8. The number of hydrogen-bond acceptors (Lipinski definition) is 5. The smallest absolute Gasteiger partial charge is 0.0704 e. The van der Waals surface area contributed by atoms with Gasteiger partial charge < -0.3 is 25.1 Å². The highest BCUT2D eigenvalue weighted by Gasteiger charge is 2.32. The maximum absolute atomic E-state index is 9.22. The number of aliphatic hydroxyl groups is 1. The van der Waals surface area contributed by atoms with Crippen LogP contribution < -0.4 is 5.73 Å². The van der Waals surface area contributed by atoms with Crippen molar-refractivity contribution in [2.24, 2.45) is 5.73 Å². The Morgan fingerprint density at radius 2 is 2.06 bits per heavy atom. The molecule has 2 unspecified atom stereocenters. The molecule has 0 amide bonds. The molecule has 2 atom stereocenters. The molecule has 0 spiro atoms. The van der Waals surface area contributed by atoms with Crippen LogP contribution in [-0.2, 0) is 14.2 Å². The number of methoxy groups -OCH3 is 1. The van der Waals surface area contributed by atoms with E-state index in [9.17, 15) is 5.11 Å². The van der Waals surface area contributed by atoms with Crippen molar-refractivity contribution < 1.29 is 19.3 Å². The van der Waals surface area contributed by atoms with E-state index < -0.39 is 5.54 Å². The first-order chi connectivity index (χ1) is 8.20. The lowest BCUT2D eigenvalue weighted by Gasteiger charge is -2.36. The maximum atomic E-state index is 9.22. The largest absolute Gasteiger partial charge is 0.394 e. The van der Waals surface area contributed by atoms with Gasteiger partial charge in [0.2, 0.25) is 0 Å². The van der Waals surface area contributed by atoms with Gasteiger partial charge in [-0.1, -0.05) is 0 Å². The number of nitrogens with two attached hydrogens (primary N) is 1. The average Bonchev–Trinajstić information content (AvgIpc) is 2.34. The molecule has 0 radical (unpaired) electrons. The molecule has 3 N–H and O–H groups in total. The van der Waals surface area contributed by atoms with Gasteiger partial charge in [0.1, 0.15) is 0 Å². The van der Waals surface area contributed by atoms with Crippen LogP contribution >= 0.6 is 0 Å². The Hall–Kier alpha value is -0.200. The molecule has 1 aliphatic rings. The fourth-order valence-electron chi connectivity index (χ4n) is 2.14. The fraction of sp³-hybridized carbons (Fsp3) is 1.00. The van der Waals surface area contributed by atoms with Gasteiger partial charge >= 0.3 is 0 Å². The van der Waals surface area contributed by atoms with Gasteiger partial charge in [-0.3, -0.25) is 0 Å². The molecule has 1 saturated carbocycles. The molecular formula is C12H25NO4. The summed E-state index contributed by atoms with van der Waals surface area (Å²) in [6.45, 7) is 2.41. The van der Waals surface area contributed by atoms with Crippen LogP contribution in [0, 0.1) is 0 Å². The molecule has 102 valence electrons. The quantitative estimate of drug-likeness (QED) is 0.603.